The molecule has 0 unspecified atom stereocenters. The lowest BCUT2D eigenvalue weighted by Gasteiger charge is -2.09. The molecule has 0 radical (unpaired) electrons. The van der Waals surface area contributed by atoms with Gasteiger partial charge in [0.2, 0.25) is 5.91 Å². The number of fused-ring (bicyclic) bond motifs is 1. The second-order valence-corrected chi connectivity index (χ2v) is 9.06. The number of nitrogens with zero attached hydrogens (tertiary/aromatic N) is 1. The molecule has 8 heteroatoms. The minimum Gasteiger partial charge on any atom is -0.302 e. The molecule has 0 aliphatic rings. The van der Waals surface area contributed by atoms with Gasteiger partial charge in [-0.25, -0.2) is 13.4 Å². The van der Waals surface area contributed by atoms with Crippen LogP contribution in [0.15, 0.2) is 41.3 Å². The lowest BCUT2D eigenvalue weighted by molar-refractivity contribution is -0.116. The number of carbonyl (C=O) groups excluding carboxylic acids is 1. The van der Waals surface area contributed by atoms with E-state index in [4.69, 9.17) is 0 Å². The highest BCUT2D eigenvalue weighted by molar-refractivity contribution is 7.92. The Morgan fingerprint density at radius 3 is 2.59 bits per heavy atom. The van der Waals surface area contributed by atoms with Gasteiger partial charge in [0.25, 0.3) is 10.0 Å². The fourth-order valence-corrected chi connectivity index (χ4v) is 4.54. The SMILES string of the molecule is CCCC(=O)Nc1nc2cc(NS(=O)(=O)c3ccc(C)c(C)c3)ccc2s1. The Balaban J connectivity index is 1.84. The van der Waals surface area contributed by atoms with Gasteiger partial charge in [-0.2, -0.15) is 0 Å². The smallest absolute Gasteiger partial charge is 0.261 e. The van der Waals surface area contributed by atoms with Gasteiger partial charge in [-0.1, -0.05) is 24.3 Å². The van der Waals surface area contributed by atoms with Crippen LogP contribution in [0.3, 0.4) is 0 Å². The summed E-state index contributed by atoms with van der Waals surface area (Å²) in [5, 5.41) is 3.28. The second-order valence-electron chi connectivity index (χ2n) is 6.35. The number of anilines is 2. The van der Waals surface area contributed by atoms with Gasteiger partial charge in [0.15, 0.2) is 5.13 Å². The summed E-state index contributed by atoms with van der Waals surface area (Å²) in [6, 6.07) is 10.2. The van der Waals surface area contributed by atoms with Crippen LogP contribution in [0.25, 0.3) is 10.2 Å². The van der Waals surface area contributed by atoms with Gasteiger partial charge < -0.3 is 5.32 Å². The fourth-order valence-electron chi connectivity index (χ4n) is 2.55. The standard InChI is InChI=1S/C19H21N3O3S2/c1-4-5-18(23)21-19-20-16-11-14(7-9-17(16)26-19)22-27(24,25)15-8-6-12(2)13(3)10-15/h6-11,22H,4-5H2,1-3H3,(H,20,21,23). The summed E-state index contributed by atoms with van der Waals surface area (Å²) < 4.78 is 28.7. The summed E-state index contributed by atoms with van der Waals surface area (Å²) >= 11 is 1.36. The van der Waals surface area contributed by atoms with Crippen LogP contribution in [-0.2, 0) is 14.8 Å². The second kappa shape index (κ2) is 7.66. The molecule has 2 N–H and O–H groups in total. The van der Waals surface area contributed by atoms with Gasteiger partial charge in [0.1, 0.15) is 0 Å². The van der Waals surface area contributed by atoms with Crippen LogP contribution < -0.4 is 10.0 Å². The van der Waals surface area contributed by atoms with Gasteiger partial charge in [-0.15, -0.1) is 0 Å². The van der Waals surface area contributed by atoms with Crippen LogP contribution in [0.4, 0.5) is 10.8 Å². The Kier molecular flexibility index (Phi) is 5.48. The zero-order chi connectivity index (χ0) is 19.6. The van der Waals surface area contributed by atoms with Crippen molar-refractivity contribution >= 4 is 48.3 Å². The number of hydrogen-bond acceptors (Lipinski definition) is 5. The molecule has 0 atom stereocenters. The van der Waals surface area contributed by atoms with Crippen LogP contribution in [-0.4, -0.2) is 19.3 Å². The first-order valence-corrected chi connectivity index (χ1v) is 10.9. The number of carbonyl (C=O) groups is 1. The average molecular weight is 404 g/mol. The summed E-state index contributed by atoms with van der Waals surface area (Å²) in [5.41, 5.74) is 3.01. The minimum atomic E-state index is -3.68. The Morgan fingerprint density at radius 2 is 1.89 bits per heavy atom. The maximum Gasteiger partial charge on any atom is 0.261 e. The number of nitrogens with one attached hydrogen (secondary N) is 2. The molecular weight excluding hydrogens is 382 g/mol. The average Bonchev–Trinajstić information content (AvgIpc) is 2.98. The first-order chi connectivity index (χ1) is 12.8. The highest BCUT2D eigenvalue weighted by atomic mass is 32.2. The predicted octanol–water partition coefficient (Wildman–Crippen LogP) is 4.45. The fraction of sp³-hybridized carbons (Fsp3) is 0.263. The van der Waals surface area contributed by atoms with Crippen LogP contribution in [0, 0.1) is 13.8 Å². The quantitative estimate of drug-likeness (QED) is 0.636. The summed E-state index contributed by atoms with van der Waals surface area (Å²) in [4.78, 5) is 16.3. The van der Waals surface area contributed by atoms with E-state index >= 15 is 0 Å². The minimum absolute atomic E-state index is 0.0766. The van der Waals surface area contributed by atoms with Crippen molar-refractivity contribution in [1.29, 1.82) is 0 Å². The highest BCUT2D eigenvalue weighted by Crippen LogP contribution is 2.29. The molecule has 0 saturated heterocycles. The van der Waals surface area contributed by atoms with Crippen molar-refractivity contribution in [3.05, 3.63) is 47.5 Å². The van der Waals surface area contributed by atoms with E-state index in [9.17, 15) is 13.2 Å². The van der Waals surface area contributed by atoms with E-state index in [1.807, 2.05) is 20.8 Å². The van der Waals surface area contributed by atoms with Crippen molar-refractivity contribution in [3.8, 4) is 0 Å². The molecule has 142 valence electrons. The van der Waals surface area contributed by atoms with Gasteiger partial charge >= 0.3 is 0 Å². The van der Waals surface area contributed by atoms with Crippen molar-refractivity contribution < 1.29 is 13.2 Å². The van der Waals surface area contributed by atoms with Crippen molar-refractivity contribution in [2.45, 2.75) is 38.5 Å². The molecule has 0 aliphatic heterocycles. The first kappa shape index (κ1) is 19.3. The third kappa shape index (κ3) is 4.45. The summed E-state index contributed by atoms with van der Waals surface area (Å²) in [7, 11) is -3.68. The maximum atomic E-state index is 12.6. The highest BCUT2D eigenvalue weighted by Gasteiger charge is 2.16. The molecule has 1 amide bonds. The molecule has 3 rings (SSSR count). The predicted molar refractivity (Wildman–Crippen MR) is 110 cm³/mol. The van der Waals surface area contributed by atoms with Gasteiger partial charge in [0, 0.05) is 6.42 Å². The van der Waals surface area contributed by atoms with Crippen LogP contribution in [0.2, 0.25) is 0 Å². The van der Waals surface area contributed by atoms with Crippen molar-refractivity contribution in [2.24, 2.45) is 0 Å². The van der Waals surface area contributed by atoms with Crippen molar-refractivity contribution in [2.75, 3.05) is 10.0 Å². The summed E-state index contributed by atoms with van der Waals surface area (Å²) in [5.74, 6) is -0.0766. The number of rotatable bonds is 6. The van der Waals surface area contributed by atoms with Crippen LogP contribution >= 0.6 is 11.3 Å². The van der Waals surface area contributed by atoms with E-state index in [1.54, 1.807) is 36.4 Å². The molecule has 6 nitrogen and oxygen atoms in total. The number of benzene rings is 2. The molecular formula is C19H21N3O3S2. The third-order valence-corrected chi connectivity index (χ3v) is 6.48. The molecule has 2 aromatic carbocycles. The van der Waals surface area contributed by atoms with E-state index in [2.05, 4.69) is 15.0 Å². The molecule has 3 aromatic rings. The number of aryl methyl sites for hydroxylation is 2. The van der Waals surface area contributed by atoms with E-state index < -0.39 is 10.0 Å². The largest absolute Gasteiger partial charge is 0.302 e. The zero-order valence-electron chi connectivity index (χ0n) is 15.4. The Hall–Kier alpha value is -2.45. The van der Waals surface area contributed by atoms with Crippen molar-refractivity contribution in [3.63, 3.8) is 0 Å². The normalized spacial score (nSPS) is 11.5. The van der Waals surface area contributed by atoms with Crippen LogP contribution in [0.5, 0.6) is 0 Å². The molecule has 0 saturated carbocycles. The van der Waals surface area contributed by atoms with Gasteiger partial charge in [-0.05, 0) is 61.7 Å². The van der Waals surface area contributed by atoms with E-state index in [1.165, 1.54) is 11.3 Å². The van der Waals surface area contributed by atoms with Gasteiger partial charge in [0.05, 0.1) is 20.8 Å². The topological polar surface area (TPSA) is 88.2 Å². The number of thiazole rings is 1. The van der Waals surface area contributed by atoms with E-state index in [0.29, 0.717) is 22.8 Å². The Bertz CT molecular complexity index is 1100. The molecule has 0 aliphatic carbocycles. The first-order valence-electron chi connectivity index (χ1n) is 8.59. The maximum absolute atomic E-state index is 12.6. The monoisotopic (exact) mass is 403 g/mol. The molecule has 27 heavy (non-hydrogen) atoms. The number of amides is 1. The van der Waals surface area contributed by atoms with Crippen LogP contribution in [0.1, 0.15) is 30.9 Å². The zero-order valence-corrected chi connectivity index (χ0v) is 17.0. The lowest BCUT2D eigenvalue weighted by Crippen LogP contribution is -2.13. The molecule has 0 spiro atoms. The molecule has 0 bridgehead atoms. The molecule has 1 aromatic heterocycles. The Labute approximate surface area is 162 Å². The van der Waals surface area contributed by atoms with Crippen molar-refractivity contribution in [1.82, 2.24) is 4.98 Å². The number of aromatic nitrogens is 1. The number of hydrogen-bond donors (Lipinski definition) is 2. The number of sulfonamides is 1. The van der Waals surface area contributed by atoms with E-state index in [0.717, 1.165) is 22.2 Å². The van der Waals surface area contributed by atoms with Gasteiger partial charge in [-0.3, -0.25) is 9.52 Å². The molecule has 1 heterocycles. The summed E-state index contributed by atoms with van der Waals surface area (Å²) in [6.07, 6.45) is 1.21. The third-order valence-electron chi connectivity index (χ3n) is 4.15. The Morgan fingerprint density at radius 1 is 1.11 bits per heavy atom. The summed E-state index contributed by atoms with van der Waals surface area (Å²) in [6.45, 7) is 5.75. The molecule has 0 fully saturated rings. The lowest BCUT2D eigenvalue weighted by atomic mass is 10.1. The van der Waals surface area contributed by atoms with E-state index in [-0.39, 0.29) is 10.8 Å².